The Morgan fingerprint density at radius 2 is 1.70 bits per heavy atom. The van der Waals surface area contributed by atoms with Crippen LogP contribution in [0.25, 0.3) is 28.7 Å². The maximum absolute atomic E-state index is 13.7. The number of aromatic nitrogens is 4. The number of alkyl halides is 3. The largest absolute Gasteiger partial charge is 0.418 e. The molecule has 2 heterocycles. The van der Waals surface area contributed by atoms with Gasteiger partial charge in [0.2, 0.25) is 5.89 Å². The lowest BCUT2D eigenvalue weighted by molar-refractivity contribution is -0.219. The molecule has 0 amide bonds. The molecule has 0 radical (unpaired) electrons. The molecule has 0 aliphatic heterocycles. The van der Waals surface area contributed by atoms with E-state index in [-0.39, 0.29) is 24.4 Å². The van der Waals surface area contributed by atoms with E-state index in [2.05, 4.69) is 15.2 Å². The number of imidazole rings is 1. The van der Waals surface area contributed by atoms with Crippen LogP contribution < -0.4 is 0 Å². The van der Waals surface area contributed by atoms with Gasteiger partial charge in [-0.1, -0.05) is 41.8 Å². The highest BCUT2D eigenvalue weighted by Crippen LogP contribution is 2.54. The van der Waals surface area contributed by atoms with Gasteiger partial charge in [0.15, 0.2) is 0 Å². The first-order chi connectivity index (χ1) is 15.7. The van der Waals surface area contributed by atoms with Crippen molar-refractivity contribution < 1.29 is 17.6 Å². The Morgan fingerprint density at radius 1 is 1.00 bits per heavy atom. The predicted molar refractivity (Wildman–Crippen MR) is 119 cm³/mol. The third-order valence-corrected chi connectivity index (χ3v) is 6.68. The van der Waals surface area contributed by atoms with Crippen molar-refractivity contribution in [2.45, 2.75) is 37.8 Å². The fourth-order valence-corrected chi connectivity index (χ4v) is 4.44. The molecule has 0 saturated heterocycles. The summed E-state index contributed by atoms with van der Waals surface area (Å²) in [6.45, 7) is 1.78. The maximum atomic E-state index is 13.7. The van der Waals surface area contributed by atoms with Gasteiger partial charge >= 0.3 is 6.18 Å². The van der Waals surface area contributed by atoms with Gasteiger partial charge in [-0.15, -0.1) is 10.2 Å². The van der Waals surface area contributed by atoms with Crippen LogP contribution in [0.4, 0.5) is 13.2 Å². The fraction of sp³-hybridized carbons (Fsp3) is 0.261. The smallest absolute Gasteiger partial charge is 0.403 e. The lowest BCUT2D eigenvalue weighted by Crippen LogP contribution is -2.48. The molecule has 1 aliphatic rings. The summed E-state index contributed by atoms with van der Waals surface area (Å²) in [4.78, 5) is 4.68. The predicted octanol–water partition coefficient (Wildman–Crippen LogP) is 7.19. The minimum atomic E-state index is -4.46. The molecule has 0 spiro atoms. The van der Waals surface area contributed by atoms with Crippen LogP contribution in [-0.2, 0) is 5.41 Å². The molecule has 0 unspecified atom stereocenters. The molecule has 2 aromatic carbocycles. The van der Waals surface area contributed by atoms with Gasteiger partial charge in [0.05, 0.1) is 10.7 Å². The first-order valence-electron chi connectivity index (χ1n) is 10.2. The van der Waals surface area contributed by atoms with Gasteiger partial charge in [-0.2, -0.15) is 13.2 Å². The van der Waals surface area contributed by atoms with Crippen molar-refractivity contribution in [3.63, 3.8) is 0 Å². The highest BCUT2D eigenvalue weighted by Gasteiger charge is 2.63. The SMILES string of the molecule is Cc1c(-c2nnc(C3(C(F)(F)F)CCC3)o2)nc(-c2ccccc2Cl)n1-c1ccc(Cl)cc1. The first-order valence-corrected chi connectivity index (χ1v) is 11.0. The number of hydrogen-bond donors (Lipinski definition) is 0. The highest BCUT2D eigenvalue weighted by molar-refractivity contribution is 6.33. The van der Waals surface area contributed by atoms with Gasteiger partial charge in [0.1, 0.15) is 16.9 Å². The normalized spacial score (nSPS) is 15.5. The van der Waals surface area contributed by atoms with Crippen molar-refractivity contribution in [3.05, 3.63) is 70.2 Å². The number of nitrogens with zero attached hydrogens (tertiary/aromatic N) is 4. The topological polar surface area (TPSA) is 56.7 Å². The second-order valence-corrected chi connectivity index (χ2v) is 8.85. The number of benzene rings is 2. The Labute approximate surface area is 197 Å². The van der Waals surface area contributed by atoms with E-state index in [4.69, 9.17) is 27.6 Å². The van der Waals surface area contributed by atoms with Crippen molar-refractivity contribution in [3.8, 4) is 28.7 Å². The molecule has 1 fully saturated rings. The number of halogens is 5. The summed E-state index contributed by atoms with van der Waals surface area (Å²) in [7, 11) is 0. The summed E-state index contributed by atoms with van der Waals surface area (Å²) in [5.74, 6) is -0.000574. The Balaban J connectivity index is 1.67. The van der Waals surface area contributed by atoms with Crippen LogP contribution in [0.3, 0.4) is 0 Å². The van der Waals surface area contributed by atoms with Crippen LogP contribution >= 0.6 is 23.2 Å². The lowest BCUT2D eigenvalue weighted by Gasteiger charge is -2.39. The molecule has 2 aromatic heterocycles. The third-order valence-electron chi connectivity index (χ3n) is 6.09. The summed E-state index contributed by atoms with van der Waals surface area (Å²) in [5, 5.41) is 8.76. The molecule has 0 atom stereocenters. The first kappa shape index (κ1) is 22.0. The summed E-state index contributed by atoms with van der Waals surface area (Å²) < 4.78 is 48.7. The molecule has 170 valence electrons. The van der Waals surface area contributed by atoms with Gasteiger partial charge < -0.3 is 4.42 Å². The van der Waals surface area contributed by atoms with Crippen LogP contribution in [0.5, 0.6) is 0 Å². The molecule has 5 nitrogen and oxygen atoms in total. The zero-order chi connectivity index (χ0) is 23.4. The number of hydrogen-bond acceptors (Lipinski definition) is 4. The Kier molecular flexibility index (Phi) is 5.25. The van der Waals surface area contributed by atoms with E-state index in [0.717, 1.165) is 5.69 Å². The Bertz CT molecular complexity index is 1320. The maximum Gasteiger partial charge on any atom is 0.403 e. The summed E-state index contributed by atoms with van der Waals surface area (Å²) in [6, 6.07) is 14.3. The molecular weight excluding hydrogens is 476 g/mol. The van der Waals surface area contributed by atoms with Crippen LogP contribution in [0, 0.1) is 6.92 Å². The summed E-state index contributed by atoms with van der Waals surface area (Å²) in [5.41, 5.74) is 0.202. The van der Waals surface area contributed by atoms with Crippen molar-refractivity contribution in [1.29, 1.82) is 0 Å². The average molecular weight is 493 g/mol. The second kappa shape index (κ2) is 7.88. The number of rotatable bonds is 4. The zero-order valence-corrected chi connectivity index (χ0v) is 18.8. The van der Waals surface area contributed by atoms with Crippen molar-refractivity contribution in [2.75, 3.05) is 0 Å². The van der Waals surface area contributed by atoms with E-state index >= 15 is 0 Å². The van der Waals surface area contributed by atoms with Gasteiger partial charge in [-0.05, 0) is 56.2 Å². The molecule has 33 heavy (non-hydrogen) atoms. The summed E-state index contributed by atoms with van der Waals surface area (Å²) in [6.07, 6.45) is -4.14. The van der Waals surface area contributed by atoms with Crippen LogP contribution in [0.1, 0.15) is 30.8 Å². The quantitative estimate of drug-likeness (QED) is 0.302. The van der Waals surface area contributed by atoms with Crippen molar-refractivity contribution >= 4 is 23.2 Å². The van der Waals surface area contributed by atoms with Crippen molar-refractivity contribution in [2.24, 2.45) is 0 Å². The third kappa shape index (κ3) is 3.52. The van der Waals surface area contributed by atoms with Crippen LogP contribution in [-0.4, -0.2) is 25.9 Å². The molecule has 1 saturated carbocycles. The molecule has 0 bridgehead atoms. The van der Waals surface area contributed by atoms with E-state index in [1.54, 1.807) is 31.2 Å². The molecule has 0 N–H and O–H groups in total. The standard InChI is InChI=1S/C23H17Cl2F3N4O/c1-13-18(20-30-31-21(33-20)22(11-4-12-22)23(26,27)28)29-19(16-5-2-3-6-17(16)25)32(13)15-9-7-14(24)8-10-15/h2-3,5-10H,4,11-12H2,1H3. The van der Waals surface area contributed by atoms with E-state index in [1.807, 2.05) is 28.8 Å². The fourth-order valence-electron chi connectivity index (χ4n) is 4.09. The molecule has 1 aliphatic carbocycles. The zero-order valence-electron chi connectivity index (χ0n) is 17.3. The lowest BCUT2D eigenvalue weighted by atomic mass is 9.68. The van der Waals surface area contributed by atoms with E-state index in [9.17, 15) is 13.2 Å². The monoisotopic (exact) mass is 492 g/mol. The Morgan fingerprint density at radius 3 is 2.30 bits per heavy atom. The van der Waals surface area contributed by atoms with Crippen LogP contribution in [0.2, 0.25) is 10.0 Å². The second-order valence-electron chi connectivity index (χ2n) is 8.01. The van der Waals surface area contributed by atoms with Gasteiger partial charge in [-0.3, -0.25) is 4.57 Å². The van der Waals surface area contributed by atoms with E-state index in [1.165, 1.54) is 0 Å². The Hall–Kier alpha value is -2.84. The average Bonchev–Trinajstić information content (AvgIpc) is 3.32. The summed E-state index contributed by atoms with van der Waals surface area (Å²) >= 11 is 12.5. The van der Waals surface area contributed by atoms with E-state index in [0.29, 0.717) is 33.5 Å². The minimum Gasteiger partial charge on any atom is -0.418 e. The van der Waals surface area contributed by atoms with Gasteiger partial charge in [-0.25, -0.2) is 4.98 Å². The molecular formula is C23H17Cl2F3N4O. The minimum absolute atomic E-state index is 0.0683. The van der Waals surface area contributed by atoms with E-state index < -0.39 is 17.5 Å². The highest BCUT2D eigenvalue weighted by atomic mass is 35.5. The van der Waals surface area contributed by atoms with Gasteiger partial charge in [0.25, 0.3) is 5.89 Å². The van der Waals surface area contributed by atoms with Crippen LogP contribution in [0.15, 0.2) is 52.9 Å². The molecule has 5 rings (SSSR count). The molecule has 4 aromatic rings. The van der Waals surface area contributed by atoms with Crippen molar-refractivity contribution in [1.82, 2.24) is 19.7 Å². The van der Waals surface area contributed by atoms with Gasteiger partial charge in [0, 0.05) is 16.3 Å². The molecule has 10 heteroatoms.